The van der Waals surface area contributed by atoms with E-state index >= 15 is 0 Å². The predicted molar refractivity (Wildman–Crippen MR) is 93.0 cm³/mol. The van der Waals surface area contributed by atoms with Gasteiger partial charge < -0.3 is 10.2 Å². The van der Waals surface area contributed by atoms with Gasteiger partial charge in [-0.1, -0.05) is 54.1 Å². The summed E-state index contributed by atoms with van der Waals surface area (Å²) < 4.78 is 5.56. The quantitative estimate of drug-likeness (QED) is 0.453. The molecule has 0 radical (unpaired) electrons. The minimum atomic E-state index is 0.449. The number of hydrazone groups is 1. The number of nitrogens with zero attached hydrogens (tertiary/aromatic N) is 1. The van der Waals surface area contributed by atoms with Crippen molar-refractivity contribution in [3.63, 3.8) is 0 Å². The van der Waals surface area contributed by atoms with Gasteiger partial charge in [-0.15, -0.1) is 0 Å². The number of para-hydroxylation sites is 1. The third-order valence-electron chi connectivity index (χ3n) is 2.89. The highest BCUT2D eigenvalue weighted by Crippen LogP contribution is 2.23. The molecule has 2 aromatic carbocycles. The average Bonchev–Trinajstić information content (AvgIpc) is 2.52. The summed E-state index contributed by atoms with van der Waals surface area (Å²) in [5, 5.41) is 5.42. The molecule has 0 aliphatic rings. The summed E-state index contributed by atoms with van der Waals surface area (Å²) in [5.41, 5.74) is 4.64. The third-order valence-corrected chi connectivity index (χ3v) is 3.60. The van der Waals surface area contributed by atoms with Gasteiger partial charge in [0.25, 0.3) is 0 Å². The molecule has 3 nitrogen and oxygen atoms in total. The Morgan fingerprint density at radius 3 is 2.55 bits per heavy atom. The highest BCUT2D eigenvalue weighted by atomic mass is 35.5. The molecule has 22 heavy (non-hydrogen) atoms. The molecule has 0 spiro atoms. The fourth-order valence-corrected chi connectivity index (χ4v) is 2.34. The monoisotopic (exact) mass is 334 g/mol. The van der Waals surface area contributed by atoms with Crippen LogP contribution in [0.4, 0.5) is 0 Å². The number of hydrogen-bond donors (Lipinski definition) is 1. The van der Waals surface area contributed by atoms with E-state index in [1.54, 1.807) is 24.4 Å². The van der Waals surface area contributed by atoms with E-state index in [4.69, 9.17) is 27.9 Å². The van der Waals surface area contributed by atoms with Gasteiger partial charge in [-0.2, -0.15) is 5.10 Å². The lowest BCUT2D eigenvalue weighted by Crippen LogP contribution is -2.07. The summed E-state index contributed by atoms with van der Waals surface area (Å²) >= 11 is 12.2. The molecule has 114 valence electrons. The Morgan fingerprint density at radius 1 is 1.09 bits per heavy atom. The van der Waals surface area contributed by atoms with Crippen LogP contribution in [0.3, 0.4) is 0 Å². The predicted octanol–water partition coefficient (Wildman–Crippen LogP) is 4.68. The van der Waals surface area contributed by atoms with Crippen LogP contribution in [-0.2, 0) is 6.54 Å². The van der Waals surface area contributed by atoms with E-state index in [1.165, 1.54) is 0 Å². The minimum absolute atomic E-state index is 0.449. The molecule has 0 unspecified atom stereocenters. The molecule has 0 atom stereocenters. The largest absolute Gasteiger partial charge is 0.489 e. The van der Waals surface area contributed by atoms with Gasteiger partial charge in [-0.05, 0) is 24.3 Å². The van der Waals surface area contributed by atoms with Gasteiger partial charge in [0.15, 0.2) is 0 Å². The highest BCUT2D eigenvalue weighted by Gasteiger charge is 2.04. The van der Waals surface area contributed by atoms with Crippen molar-refractivity contribution in [2.75, 3.05) is 6.61 Å². The van der Waals surface area contributed by atoms with Crippen molar-refractivity contribution in [2.45, 2.75) is 6.54 Å². The van der Waals surface area contributed by atoms with Crippen LogP contribution in [0.1, 0.15) is 11.1 Å². The summed E-state index contributed by atoms with van der Waals surface area (Å²) in [7, 11) is 0. The molecule has 0 heterocycles. The first-order valence-electron chi connectivity index (χ1n) is 6.74. The zero-order chi connectivity index (χ0) is 15.8. The Bertz CT molecular complexity index is 651. The minimum Gasteiger partial charge on any atom is -0.489 e. The second-order valence-corrected chi connectivity index (χ2v) is 5.25. The Kier molecular flexibility index (Phi) is 6.31. The van der Waals surface area contributed by atoms with Crippen LogP contribution in [0, 0.1) is 0 Å². The van der Waals surface area contributed by atoms with Crippen molar-refractivity contribution in [3.05, 3.63) is 76.3 Å². The molecule has 0 aromatic heterocycles. The molecule has 5 heteroatoms. The van der Waals surface area contributed by atoms with E-state index in [-0.39, 0.29) is 0 Å². The summed E-state index contributed by atoms with van der Waals surface area (Å²) in [5.74, 6) is 0.753. The van der Waals surface area contributed by atoms with Crippen molar-refractivity contribution in [2.24, 2.45) is 5.10 Å². The topological polar surface area (TPSA) is 33.6 Å². The second kappa shape index (κ2) is 8.47. The van der Waals surface area contributed by atoms with Crippen LogP contribution in [0.15, 0.2) is 60.2 Å². The lowest BCUT2D eigenvalue weighted by molar-refractivity contribution is 0.362. The van der Waals surface area contributed by atoms with Crippen molar-refractivity contribution in [1.29, 1.82) is 0 Å². The number of ether oxygens (including phenoxy) is 1. The van der Waals surface area contributed by atoms with Crippen LogP contribution in [-0.4, -0.2) is 12.8 Å². The molecule has 0 bridgehead atoms. The summed E-state index contributed by atoms with van der Waals surface area (Å²) in [6, 6.07) is 13.0. The van der Waals surface area contributed by atoms with Gasteiger partial charge in [0.05, 0.1) is 12.8 Å². The fraction of sp³-hybridized carbons (Fsp3) is 0.118. The standard InChI is InChI=1S/C17H16Cl2N2O/c1-2-10-22-17-9-4-3-6-13(17)11-20-21-12-14-15(18)7-5-8-16(14)19/h2-9,11,21H,1,10,12H2/b20-11-. The van der Waals surface area contributed by atoms with Gasteiger partial charge >= 0.3 is 0 Å². The SMILES string of the molecule is C=CCOc1ccccc1/C=N\NCc1c(Cl)cccc1Cl. The number of hydrogen-bond acceptors (Lipinski definition) is 3. The Hall–Kier alpha value is -1.97. The molecular formula is C17H16Cl2N2O. The smallest absolute Gasteiger partial charge is 0.128 e. The van der Waals surface area contributed by atoms with Gasteiger partial charge in [0, 0.05) is 21.2 Å². The third kappa shape index (κ3) is 4.52. The van der Waals surface area contributed by atoms with E-state index in [1.807, 2.05) is 30.3 Å². The maximum Gasteiger partial charge on any atom is 0.128 e. The van der Waals surface area contributed by atoms with Gasteiger partial charge in [0.1, 0.15) is 12.4 Å². The second-order valence-electron chi connectivity index (χ2n) is 4.43. The first-order valence-corrected chi connectivity index (χ1v) is 7.49. The number of halogens is 2. The van der Waals surface area contributed by atoms with Crippen LogP contribution in [0.5, 0.6) is 5.75 Å². The number of rotatable bonds is 7. The summed E-state index contributed by atoms with van der Waals surface area (Å²) in [6.45, 7) is 4.54. The number of nitrogens with one attached hydrogen (secondary N) is 1. The highest BCUT2D eigenvalue weighted by molar-refractivity contribution is 6.35. The van der Waals surface area contributed by atoms with E-state index in [2.05, 4.69) is 17.1 Å². The van der Waals surface area contributed by atoms with E-state index in [0.717, 1.165) is 16.9 Å². The van der Waals surface area contributed by atoms with Crippen molar-refractivity contribution >= 4 is 29.4 Å². The normalized spacial score (nSPS) is 10.6. The average molecular weight is 335 g/mol. The van der Waals surface area contributed by atoms with Crippen molar-refractivity contribution in [3.8, 4) is 5.75 Å². The molecule has 0 aliphatic carbocycles. The Labute approximate surface area is 140 Å². The van der Waals surface area contributed by atoms with Crippen molar-refractivity contribution in [1.82, 2.24) is 5.43 Å². The Balaban J connectivity index is 2.00. The van der Waals surface area contributed by atoms with Crippen LogP contribution in [0.2, 0.25) is 10.0 Å². The molecule has 1 N–H and O–H groups in total. The van der Waals surface area contributed by atoms with Gasteiger partial charge in [-0.25, -0.2) is 0 Å². The first-order chi connectivity index (χ1) is 10.7. The molecular weight excluding hydrogens is 319 g/mol. The molecule has 0 amide bonds. The van der Waals surface area contributed by atoms with E-state index < -0.39 is 0 Å². The molecule has 0 aliphatic heterocycles. The van der Waals surface area contributed by atoms with E-state index in [0.29, 0.717) is 23.2 Å². The van der Waals surface area contributed by atoms with Crippen LogP contribution >= 0.6 is 23.2 Å². The lowest BCUT2D eigenvalue weighted by Gasteiger charge is -2.07. The lowest BCUT2D eigenvalue weighted by atomic mass is 10.2. The summed E-state index contributed by atoms with van der Waals surface area (Å²) in [4.78, 5) is 0. The molecule has 2 rings (SSSR count). The maximum atomic E-state index is 6.10. The zero-order valence-corrected chi connectivity index (χ0v) is 13.4. The van der Waals surface area contributed by atoms with E-state index in [9.17, 15) is 0 Å². The number of benzene rings is 2. The van der Waals surface area contributed by atoms with Crippen LogP contribution in [0.25, 0.3) is 0 Å². The maximum absolute atomic E-state index is 6.10. The van der Waals surface area contributed by atoms with Gasteiger partial charge in [0.2, 0.25) is 0 Å². The molecule has 0 saturated carbocycles. The summed E-state index contributed by atoms with van der Waals surface area (Å²) in [6.07, 6.45) is 3.40. The zero-order valence-electron chi connectivity index (χ0n) is 11.9. The Morgan fingerprint density at radius 2 is 1.82 bits per heavy atom. The van der Waals surface area contributed by atoms with Crippen molar-refractivity contribution < 1.29 is 4.74 Å². The first kappa shape index (κ1) is 16.4. The molecule has 0 fully saturated rings. The molecule has 2 aromatic rings. The fourth-order valence-electron chi connectivity index (χ4n) is 1.81. The van der Waals surface area contributed by atoms with Crippen LogP contribution < -0.4 is 10.2 Å². The molecule has 0 saturated heterocycles. The van der Waals surface area contributed by atoms with Gasteiger partial charge in [-0.3, -0.25) is 0 Å².